The van der Waals surface area contributed by atoms with Crippen molar-refractivity contribution in [2.75, 3.05) is 19.7 Å². The Morgan fingerprint density at radius 2 is 2.27 bits per heavy atom. The Hall–Kier alpha value is -1.55. The molecular formula is C18H27NO3. The number of carboxylic acids is 1. The quantitative estimate of drug-likeness (QED) is 0.838. The molecule has 1 aliphatic rings. The van der Waals surface area contributed by atoms with Gasteiger partial charge in [-0.3, -0.25) is 9.69 Å². The van der Waals surface area contributed by atoms with Crippen LogP contribution in [0.15, 0.2) is 24.3 Å². The molecule has 1 unspecified atom stereocenters. The summed E-state index contributed by atoms with van der Waals surface area (Å²) in [6.07, 6.45) is 2.81. The van der Waals surface area contributed by atoms with Gasteiger partial charge in [0.2, 0.25) is 0 Å². The van der Waals surface area contributed by atoms with Crippen LogP contribution in [0.3, 0.4) is 0 Å². The first-order chi connectivity index (χ1) is 10.5. The van der Waals surface area contributed by atoms with E-state index in [9.17, 15) is 4.79 Å². The van der Waals surface area contributed by atoms with Crippen LogP contribution < -0.4 is 4.74 Å². The van der Waals surface area contributed by atoms with Crippen molar-refractivity contribution in [1.82, 2.24) is 4.90 Å². The molecule has 1 aromatic rings. The number of benzene rings is 1. The molecule has 0 spiro atoms. The molecule has 1 fully saturated rings. The molecule has 0 amide bonds. The minimum Gasteiger partial charge on any atom is -0.494 e. The van der Waals surface area contributed by atoms with Crippen molar-refractivity contribution in [3.8, 4) is 5.75 Å². The summed E-state index contributed by atoms with van der Waals surface area (Å²) < 4.78 is 5.79. The highest BCUT2D eigenvalue weighted by atomic mass is 16.5. The maximum absolute atomic E-state index is 11.1. The van der Waals surface area contributed by atoms with Crippen LogP contribution in [-0.2, 0) is 11.3 Å². The van der Waals surface area contributed by atoms with E-state index >= 15 is 0 Å². The van der Waals surface area contributed by atoms with Crippen LogP contribution in [0.25, 0.3) is 0 Å². The van der Waals surface area contributed by atoms with E-state index in [4.69, 9.17) is 9.84 Å². The van der Waals surface area contributed by atoms with Gasteiger partial charge in [-0.1, -0.05) is 26.0 Å². The Bertz CT molecular complexity index is 487. The van der Waals surface area contributed by atoms with E-state index in [1.165, 1.54) is 5.56 Å². The van der Waals surface area contributed by atoms with E-state index in [1.807, 2.05) is 12.1 Å². The molecule has 2 rings (SSSR count). The molecule has 1 heterocycles. The summed E-state index contributed by atoms with van der Waals surface area (Å²) in [5.74, 6) is 0.657. The average Bonchev–Trinajstić information content (AvgIpc) is 2.47. The van der Waals surface area contributed by atoms with Crippen LogP contribution in [0.1, 0.15) is 38.7 Å². The fourth-order valence-corrected chi connectivity index (χ4v) is 2.81. The number of rotatable bonds is 7. The van der Waals surface area contributed by atoms with Gasteiger partial charge in [0.15, 0.2) is 0 Å². The highest BCUT2D eigenvalue weighted by Gasteiger charge is 2.25. The van der Waals surface area contributed by atoms with Crippen LogP contribution in [0.5, 0.6) is 5.75 Å². The molecule has 4 heteroatoms. The minimum atomic E-state index is -0.671. The summed E-state index contributed by atoms with van der Waals surface area (Å²) in [5.41, 5.74) is 1.19. The van der Waals surface area contributed by atoms with Crippen LogP contribution in [-0.4, -0.2) is 35.7 Å². The topological polar surface area (TPSA) is 49.8 Å². The number of hydrogen-bond acceptors (Lipinski definition) is 3. The summed E-state index contributed by atoms with van der Waals surface area (Å²) >= 11 is 0. The van der Waals surface area contributed by atoms with E-state index in [2.05, 4.69) is 30.9 Å². The molecule has 1 saturated heterocycles. The summed E-state index contributed by atoms with van der Waals surface area (Å²) in [4.78, 5) is 13.4. The molecule has 1 N–H and O–H groups in total. The van der Waals surface area contributed by atoms with Crippen molar-refractivity contribution in [3.05, 3.63) is 29.8 Å². The predicted molar refractivity (Wildman–Crippen MR) is 87.0 cm³/mol. The number of carboxylic acid groups (broad SMARTS) is 1. The monoisotopic (exact) mass is 305 g/mol. The SMILES string of the molecule is CC(C)CCOc1cccc(CN2CCCC(C(=O)O)C2)c1. The Morgan fingerprint density at radius 1 is 1.45 bits per heavy atom. The van der Waals surface area contributed by atoms with Crippen LogP contribution in [0.2, 0.25) is 0 Å². The normalized spacial score (nSPS) is 19.3. The molecule has 1 aromatic carbocycles. The third kappa shape index (κ3) is 5.34. The largest absolute Gasteiger partial charge is 0.494 e. The molecule has 4 nitrogen and oxygen atoms in total. The van der Waals surface area contributed by atoms with Crippen molar-refractivity contribution < 1.29 is 14.6 Å². The fraction of sp³-hybridized carbons (Fsp3) is 0.611. The highest BCUT2D eigenvalue weighted by Crippen LogP contribution is 2.21. The second-order valence-corrected chi connectivity index (χ2v) is 6.59. The van der Waals surface area contributed by atoms with E-state index in [-0.39, 0.29) is 5.92 Å². The van der Waals surface area contributed by atoms with Gasteiger partial charge in [-0.2, -0.15) is 0 Å². The van der Waals surface area contributed by atoms with Crippen molar-refractivity contribution >= 4 is 5.97 Å². The maximum Gasteiger partial charge on any atom is 0.307 e. The zero-order valence-corrected chi connectivity index (χ0v) is 13.6. The minimum absolute atomic E-state index is 0.223. The lowest BCUT2D eigenvalue weighted by atomic mass is 9.98. The molecular weight excluding hydrogens is 278 g/mol. The molecule has 0 aromatic heterocycles. The van der Waals surface area contributed by atoms with Gasteiger partial charge in [-0.15, -0.1) is 0 Å². The molecule has 1 atom stereocenters. The summed E-state index contributed by atoms with van der Waals surface area (Å²) in [7, 11) is 0. The Labute approximate surface area is 133 Å². The fourth-order valence-electron chi connectivity index (χ4n) is 2.81. The lowest BCUT2D eigenvalue weighted by Gasteiger charge is -2.30. The lowest BCUT2D eigenvalue weighted by molar-refractivity contribution is -0.143. The second kappa shape index (κ2) is 8.18. The van der Waals surface area contributed by atoms with Crippen molar-refractivity contribution in [3.63, 3.8) is 0 Å². The molecule has 0 bridgehead atoms. The first kappa shape index (κ1) is 16.8. The molecule has 122 valence electrons. The Kier molecular flexibility index (Phi) is 6.25. The zero-order valence-electron chi connectivity index (χ0n) is 13.6. The van der Waals surface area contributed by atoms with Gasteiger partial charge in [0.25, 0.3) is 0 Å². The van der Waals surface area contributed by atoms with Crippen LogP contribution in [0, 0.1) is 11.8 Å². The summed E-state index contributed by atoms with van der Waals surface area (Å²) in [6.45, 7) is 7.54. The lowest BCUT2D eigenvalue weighted by Crippen LogP contribution is -2.38. The van der Waals surface area contributed by atoms with Crippen molar-refractivity contribution in [2.45, 2.75) is 39.7 Å². The van der Waals surface area contributed by atoms with Gasteiger partial charge in [0, 0.05) is 13.1 Å². The smallest absolute Gasteiger partial charge is 0.307 e. The average molecular weight is 305 g/mol. The maximum atomic E-state index is 11.1. The Morgan fingerprint density at radius 3 is 3.00 bits per heavy atom. The van der Waals surface area contributed by atoms with Gasteiger partial charge in [0.05, 0.1) is 12.5 Å². The van der Waals surface area contributed by atoms with Gasteiger partial charge in [-0.05, 0) is 49.4 Å². The van der Waals surface area contributed by atoms with Crippen molar-refractivity contribution in [1.29, 1.82) is 0 Å². The third-order valence-corrected chi connectivity index (χ3v) is 4.12. The standard InChI is InChI=1S/C18H27NO3/c1-14(2)8-10-22-17-7-3-5-15(11-17)12-19-9-4-6-16(13-19)18(20)21/h3,5,7,11,14,16H,4,6,8-10,12-13H2,1-2H3,(H,20,21). The first-order valence-electron chi connectivity index (χ1n) is 8.21. The third-order valence-electron chi connectivity index (χ3n) is 4.12. The van der Waals surface area contributed by atoms with Gasteiger partial charge >= 0.3 is 5.97 Å². The van der Waals surface area contributed by atoms with E-state index in [0.717, 1.165) is 44.7 Å². The predicted octanol–water partition coefficient (Wildman–Crippen LogP) is 3.41. The molecule has 22 heavy (non-hydrogen) atoms. The summed E-state index contributed by atoms with van der Waals surface area (Å²) in [6, 6.07) is 8.16. The van der Waals surface area contributed by atoms with E-state index < -0.39 is 5.97 Å². The number of aliphatic carboxylic acids is 1. The van der Waals surface area contributed by atoms with E-state index in [0.29, 0.717) is 12.5 Å². The zero-order chi connectivity index (χ0) is 15.9. The van der Waals surface area contributed by atoms with Crippen LogP contribution in [0.4, 0.5) is 0 Å². The summed E-state index contributed by atoms with van der Waals surface area (Å²) in [5, 5.41) is 9.16. The Balaban J connectivity index is 1.88. The van der Waals surface area contributed by atoms with Gasteiger partial charge in [-0.25, -0.2) is 0 Å². The molecule has 0 aliphatic carbocycles. The number of hydrogen-bond donors (Lipinski definition) is 1. The molecule has 0 radical (unpaired) electrons. The van der Waals surface area contributed by atoms with Crippen LogP contribution >= 0.6 is 0 Å². The molecule has 0 saturated carbocycles. The number of likely N-dealkylation sites (tertiary alicyclic amines) is 1. The van der Waals surface area contributed by atoms with Gasteiger partial charge in [0.1, 0.15) is 5.75 Å². The molecule has 1 aliphatic heterocycles. The number of piperidine rings is 1. The second-order valence-electron chi connectivity index (χ2n) is 6.59. The first-order valence-corrected chi connectivity index (χ1v) is 8.21. The number of carbonyl (C=O) groups is 1. The van der Waals surface area contributed by atoms with Gasteiger partial charge < -0.3 is 9.84 Å². The van der Waals surface area contributed by atoms with E-state index in [1.54, 1.807) is 0 Å². The number of nitrogens with zero attached hydrogens (tertiary/aromatic N) is 1. The van der Waals surface area contributed by atoms with Crippen molar-refractivity contribution in [2.24, 2.45) is 11.8 Å². The number of ether oxygens (including phenoxy) is 1. The highest BCUT2D eigenvalue weighted by molar-refractivity contribution is 5.70.